The third kappa shape index (κ3) is 5.88. The molecule has 10 nitrogen and oxygen atoms in total. The van der Waals surface area contributed by atoms with Crippen molar-refractivity contribution in [1.29, 1.82) is 0 Å². The van der Waals surface area contributed by atoms with Gasteiger partial charge in [0.1, 0.15) is 32.4 Å². The Balaban J connectivity index is 0.000000749. The molecule has 0 aromatic carbocycles. The van der Waals surface area contributed by atoms with Crippen LogP contribution in [0.15, 0.2) is 18.7 Å². The highest BCUT2D eigenvalue weighted by molar-refractivity contribution is 8.27. The van der Waals surface area contributed by atoms with Gasteiger partial charge in [0.2, 0.25) is 6.33 Å². The smallest absolute Gasteiger partial charge is 0.251 e. The van der Waals surface area contributed by atoms with Crippen molar-refractivity contribution in [2.24, 2.45) is 7.05 Å². The summed E-state index contributed by atoms with van der Waals surface area (Å²) in [4.78, 5) is 0. The molecule has 1 rings (SSSR count). The Morgan fingerprint density at radius 3 is 1.54 bits per heavy atom. The van der Waals surface area contributed by atoms with Crippen LogP contribution in [-0.2, 0) is 43.5 Å². The summed E-state index contributed by atoms with van der Waals surface area (Å²) in [6, 6.07) is 0. The number of imidazole rings is 1. The summed E-state index contributed by atoms with van der Waals surface area (Å²) in [5, 5.41) is 0. The normalized spacial score (nSPS) is 13.7. The molecule has 166 valence electrons. The van der Waals surface area contributed by atoms with Crippen LogP contribution in [0.2, 0.25) is 0 Å². The lowest BCUT2D eigenvalue weighted by molar-refractivity contribution is -0.671. The number of aryl methyl sites for hydroxylation is 2. The van der Waals surface area contributed by atoms with Gasteiger partial charge in [0.25, 0.3) is 0 Å². The molecular weight excluding hydrogens is 449 g/mol. The zero-order chi connectivity index (χ0) is 22.7. The van der Waals surface area contributed by atoms with Crippen LogP contribution in [0, 0.1) is 3.91 Å². The first-order valence-corrected chi connectivity index (χ1v) is 11.7. The summed E-state index contributed by atoms with van der Waals surface area (Å²) >= 11 is 0. The van der Waals surface area contributed by atoms with Crippen molar-refractivity contribution in [3.05, 3.63) is 22.6 Å². The van der Waals surface area contributed by atoms with Crippen molar-refractivity contribution in [3.8, 4) is 0 Å². The van der Waals surface area contributed by atoms with Gasteiger partial charge < -0.3 is 0 Å². The average molecular weight is 473 g/mol. The third-order valence-electron chi connectivity index (χ3n) is 3.10. The van der Waals surface area contributed by atoms with Crippen molar-refractivity contribution in [2.45, 2.75) is 19.0 Å². The van der Waals surface area contributed by atoms with Crippen molar-refractivity contribution >= 4 is 29.9 Å². The minimum absolute atomic E-state index is 0.0622. The van der Waals surface area contributed by atoms with Gasteiger partial charge in [0.05, 0.1) is 17.5 Å². The first-order valence-electron chi connectivity index (χ1n) is 7.37. The fourth-order valence-electron chi connectivity index (χ4n) is 1.49. The Hall–Kier alpha value is -1.23. The maximum Gasteiger partial charge on any atom is 0.470 e. The van der Waals surface area contributed by atoms with Crippen LogP contribution in [0.25, 0.3) is 0 Å². The van der Waals surface area contributed by atoms with Crippen LogP contribution in [0.3, 0.4) is 0 Å². The summed E-state index contributed by atoms with van der Waals surface area (Å²) in [5.74, 6) is 0. The van der Waals surface area contributed by atoms with E-state index < -0.39 is 39.3 Å². The lowest BCUT2D eigenvalue weighted by Gasteiger charge is -2.34. The molecule has 16 heteroatoms. The first-order chi connectivity index (χ1) is 12.3. The molecule has 0 saturated heterocycles. The van der Waals surface area contributed by atoms with Crippen LogP contribution < -0.4 is 4.57 Å². The number of aromatic nitrogens is 2. The second kappa shape index (κ2) is 9.06. The number of nitrogens with zero attached hydrogens (tertiary/aromatic N) is 4. The Labute approximate surface area is 163 Å². The van der Waals surface area contributed by atoms with E-state index in [4.69, 9.17) is 0 Å². The zero-order valence-corrected chi connectivity index (χ0v) is 18.5. The number of rotatable bonds is 6. The van der Waals surface area contributed by atoms with Crippen LogP contribution in [-0.4, -0.2) is 72.1 Å². The second-order valence-electron chi connectivity index (χ2n) is 5.68. The van der Waals surface area contributed by atoms with Gasteiger partial charge in [0.15, 0.2) is 9.84 Å². The van der Waals surface area contributed by atoms with E-state index in [1.165, 1.54) is 0 Å². The molecule has 1 aromatic rings. The quantitative estimate of drug-likeness (QED) is 0.406. The number of hydrogen-bond donors (Lipinski definition) is 0. The third-order valence-corrected chi connectivity index (χ3v) is 10.8. The highest BCUT2D eigenvalue weighted by Gasteiger charge is 2.52. The Kier molecular flexibility index (Phi) is 8.66. The van der Waals surface area contributed by atoms with Gasteiger partial charge in [-0.3, -0.25) is 8.42 Å². The van der Waals surface area contributed by atoms with E-state index in [2.05, 4.69) is 24.0 Å². The maximum absolute atomic E-state index is 12.5. The fraction of sp³-hybridized carbons (Fsp3) is 0.667. The molecule has 0 saturated carbocycles. The molecule has 0 unspecified atom stereocenters. The summed E-state index contributed by atoms with van der Waals surface area (Å²) in [7, 11) is -12.5. The summed E-state index contributed by atoms with van der Waals surface area (Å²) in [6.07, 6.45) is 6.14. The molecule has 0 aliphatic carbocycles. The second-order valence-corrected chi connectivity index (χ2v) is 12.5. The number of alkyl halides is 3. The largest absolute Gasteiger partial charge is 0.470 e. The minimum atomic E-state index is -6.59. The molecule has 0 amide bonds. The van der Waals surface area contributed by atoms with Crippen molar-refractivity contribution in [3.63, 3.8) is 0 Å². The van der Waals surface area contributed by atoms with Gasteiger partial charge >= 0.3 is 5.51 Å². The van der Waals surface area contributed by atoms with E-state index in [9.17, 15) is 38.4 Å². The summed E-state index contributed by atoms with van der Waals surface area (Å²) < 4.78 is 108. The van der Waals surface area contributed by atoms with E-state index >= 15 is 0 Å². The van der Waals surface area contributed by atoms with E-state index in [0.29, 0.717) is 28.2 Å². The van der Waals surface area contributed by atoms with Gasteiger partial charge in [-0.05, 0) is 35.1 Å². The van der Waals surface area contributed by atoms with E-state index in [1.54, 1.807) is 0 Å². The standard InChI is InChI=1S/C6H12F3N2O6S3.C6H11N2/c1-10(2)19(14,15)5(20(16,17)11(3)4)18(12,13)6(7,8)9;1-3-8-5-4-7(2)6-8/h1-4H3;4-6H,3H2,1-2H3/q-1;+1. The molecule has 0 radical (unpaired) electrons. The number of halogens is 3. The van der Waals surface area contributed by atoms with Gasteiger partial charge in [0, 0.05) is 0 Å². The molecule has 0 fully saturated rings. The highest BCUT2D eigenvalue weighted by atomic mass is 32.3. The Morgan fingerprint density at radius 2 is 1.36 bits per heavy atom. The topological polar surface area (TPSA) is 118 Å². The predicted octanol–water partition coefficient (Wildman–Crippen LogP) is -0.517. The number of sulfonamides is 2. The van der Waals surface area contributed by atoms with E-state index in [1.807, 2.05) is 17.8 Å². The number of hydrogen-bond acceptors (Lipinski definition) is 6. The van der Waals surface area contributed by atoms with Crippen LogP contribution in [0.5, 0.6) is 0 Å². The fourth-order valence-corrected chi connectivity index (χ4v) is 7.92. The molecule has 1 aromatic heterocycles. The highest BCUT2D eigenvalue weighted by Crippen LogP contribution is 2.39. The van der Waals surface area contributed by atoms with Gasteiger partial charge in [-0.2, -0.15) is 13.2 Å². The number of sulfone groups is 1. The molecule has 0 atom stereocenters. The molecule has 0 aliphatic rings. The summed E-state index contributed by atoms with van der Waals surface area (Å²) in [6.45, 7) is 3.18. The van der Waals surface area contributed by atoms with Gasteiger partial charge in [-0.1, -0.05) is 0 Å². The molecule has 0 aliphatic heterocycles. The zero-order valence-electron chi connectivity index (χ0n) is 16.0. The Morgan fingerprint density at radius 1 is 0.964 bits per heavy atom. The van der Waals surface area contributed by atoms with Gasteiger partial charge in [-0.15, -0.1) is 0 Å². The molecule has 0 N–H and O–H groups in total. The van der Waals surface area contributed by atoms with Crippen molar-refractivity contribution < 1.29 is 43.0 Å². The average Bonchev–Trinajstić information content (AvgIpc) is 2.91. The SMILES string of the molecule is CCn1cc[n+](C)c1.CN(C)S(=O)(=O)[C-](S(=O)(=O)N(C)C)S(=O)(=O)C(F)(F)F. The monoisotopic (exact) mass is 472 g/mol. The Bertz CT molecular complexity index is 928. The van der Waals surface area contributed by atoms with E-state index in [0.717, 1.165) is 6.54 Å². The maximum atomic E-state index is 12.5. The lowest BCUT2D eigenvalue weighted by Crippen LogP contribution is -2.46. The predicted molar refractivity (Wildman–Crippen MR) is 94.7 cm³/mol. The van der Waals surface area contributed by atoms with Crippen LogP contribution >= 0.6 is 0 Å². The van der Waals surface area contributed by atoms with E-state index in [-0.39, 0.29) is 8.61 Å². The van der Waals surface area contributed by atoms with Gasteiger partial charge in [-0.25, -0.2) is 34.6 Å². The van der Waals surface area contributed by atoms with Crippen LogP contribution in [0.1, 0.15) is 6.92 Å². The molecule has 28 heavy (non-hydrogen) atoms. The lowest BCUT2D eigenvalue weighted by atomic mass is 10.7. The summed E-state index contributed by atoms with van der Waals surface area (Å²) in [5.41, 5.74) is -6.07. The minimum Gasteiger partial charge on any atom is -0.251 e. The molecule has 0 spiro atoms. The van der Waals surface area contributed by atoms with Crippen molar-refractivity contribution in [1.82, 2.24) is 13.2 Å². The molecular formula is C12H23F3N4O6S3. The van der Waals surface area contributed by atoms with Crippen LogP contribution in [0.4, 0.5) is 13.2 Å². The first kappa shape index (κ1) is 26.8. The molecule has 1 heterocycles. The van der Waals surface area contributed by atoms with Crippen molar-refractivity contribution in [2.75, 3.05) is 28.2 Å². The molecule has 0 bridgehead atoms.